The van der Waals surface area contributed by atoms with E-state index < -0.39 is 0 Å². The molecular formula is C14H25N3O4. The van der Waals surface area contributed by atoms with Gasteiger partial charge in [0, 0.05) is 32.8 Å². The number of carbonyl (C=O) groups is 2. The Hall–Kier alpha value is -1.34. The van der Waals surface area contributed by atoms with Crippen LogP contribution in [0.1, 0.15) is 26.2 Å². The van der Waals surface area contributed by atoms with Gasteiger partial charge in [-0.2, -0.15) is 0 Å². The lowest BCUT2D eigenvalue weighted by molar-refractivity contribution is -0.123. The number of ether oxygens (including phenoxy) is 2. The molecule has 2 atom stereocenters. The Morgan fingerprint density at radius 3 is 2.62 bits per heavy atom. The zero-order valence-electron chi connectivity index (χ0n) is 12.8. The van der Waals surface area contributed by atoms with Gasteiger partial charge in [0.05, 0.1) is 18.8 Å². The molecule has 2 saturated heterocycles. The quantitative estimate of drug-likeness (QED) is 0.770. The monoisotopic (exact) mass is 299 g/mol. The average molecular weight is 299 g/mol. The van der Waals surface area contributed by atoms with Crippen molar-refractivity contribution in [2.24, 2.45) is 0 Å². The molecule has 0 bridgehead atoms. The minimum atomic E-state index is -0.261. The molecule has 2 unspecified atom stereocenters. The largest absolute Gasteiger partial charge is 0.450 e. The zero-order chi connectivity index (χ0) is 15.2. The Labute approximate surface area is 125 Å². The van der Waals surface area contributed by atoms with Crippen molar-refractivity contribution in [3.8, 4) is 0 Å². The number of piperidine rings is 1. The molecule has 0 aromatic rings. The van der Waals surface area contributed by atoms with Crippen LogP contribution in [-0.2, 0) is 14.3 Å². The third-order valence-electron chi connectivity index (χ3n) is 4.11. The predicted molar refractivity (Wildman–Crippen MR) is 77.0 cm³/mol. The van der Waals surface area contributed by atoms with E-state index >= 15 is 0 Å². The minimum absolute atomic E-state index is 0.0316. The normalized spacial score (nSPS) is 26.7. The van der Waals surface area contributed by atoms with Crippen LogP contribution in [0.2, 0.25) is 0 Å². The van der Waals surface area contributed by atoms with Crippen molar-refractivity contribution in [2.45, 2.75) is 44.4 Å². The molecule has 2 aliphatic rings. The molecule has 2 heterocycles. The van der Waals surface area contributed by atoms with Crippen LogP contribution in [0.25, 0.3) is 0 Å². The molecule has 0 aliphatic carbocycles. The van der Waals surface area contributed by atoms with Gasteiger partial charge in [0.15, 0.2) is 0 Å². The van der Waals surface area contributed by atoms with Crippen LogP contribution in [0.3, 0.4) is 0 Å². The van der Waals surface area contributed by atoms with Gasteiger partial charge in [-0.15, -0.1) is 0 Å². The first-order valence-electron chi connectivity index (χ1n) is 7.62. The number of carbonyl (C=O) groups excluding carboxylic acids is 2. The van der Waals surface area contributed by atoms with Crippen molar-refractivity contribution in [3.63, 3.8) is 0 Å². The van der Waals surface area contributed by atoms with Gasteiger partial charge in [-0.1, -0.05) is 0 Å². The van der Waals surface area contributed by atoms with Crippen LogP contribution in [-0.4, -0.2) is 68.4 Å². The lowest BCUT2D eigenvalue weighted by atomic mass is 10.0. The fraction of sp³-hybridized carbons (Fsp3) is 0.857. The first-order chi connectivity index (χ1) is 10.1. The Balaban J connectivity index is 1.71. The number of methoxy groups -OCH3 is 1. The number of nitrogens with zero attached hydrogens (tertiary/aromatic N) is 1. The van der Waals surface area contributed by atoms with Gasteiger partial charge >= 0.3 is 6.09 Å². The van der Waals surface area contributed by atoms with E-state index in [2.05, 4.69) is 10.6 Å². The molecule has 120 valence electrons. The molecule has 0 radical (unpaired) electrons. The van der Waals surface area contributed by atoms with E-state index in [1.165, 1.54) is 0 Å². The summed E-state index contributed by atoms with van der Waals surface area (Å²) in [5.74, 6) is 0.0316. The molecule has 0 saturated carbocycles. The molecule has 0 spiro atoms. The molecule has 0 aromatic heterocycles. The van der Waals surface area contributed by atoms with Crippen molar-refractivity contribution in [1.82, 2.24) is 15.5 Å². The fourth-order valence-electron chi connectivity index (χ4n) is 2.81. The van der Waals surface area contributed by atoms with Gasteiger partial charge in [0.1, 0.15) is 0 Å². The van der Waals surface area contributed by atoms with Crippen LogP contribution < -0.4 is 10.6 Å². The number of hydrogen-bond acceptors (Lipinski definition) is 5. The van der Waals surface area contributed by atoms with Crippen LogP contribution in [0.4, 0.5) is 4.79 Å². The molecule has 2 fully saturated rings. The topological polar surface area (TPSA) is 79.9 Å². The standard InChI is InChI=1S/C14H25N3O4/c1-3-21-14(19)17-6-4-10(5-7-17)16-13(18)12-8-11(20-2)9-15-12/h10-12,15H,3-9H2,1-2H3,(H,16,18). The number of rotatable bonds is 4. The van der Waals surface area contributed by atoms with Crippen LogP contribution in [0.5, 0.6) is 0 Å². The molecular weight excluding hydrogens is 274 g/mol. The third-order valence-corrected chi connectivity index (χ3v) is 4.11. The van der Waals surface area contributed by atoms with Crippen molar-refractivity contribution in [3.05, 3.63) is 0 Å². The second-order valence-electron chi connectivity index (χ2n) is 5.52. The van der Waals surface area contributed by atoms with Gasteiger partial charge in [-0.25, -0.2) is 4.79 Å². The maximum absolute atomic E-state index is 12.2. The van der Waals surface area contributed by atoms with Gasteiger partial charge in [0.25, 0.3) is 0 Å². The lowest BCUT2D eigenvalue weighted by Gasteiger charge is -2.32. The molecule has 2 aliphatic heterocycles. The van der Waals surface area contributed by atoms with E-state index in [0.717, 1.165) is 19.4 Å². The number of nitrogens with one attached hydrogen (secondary N) is 2. The summed E-state index contributed by atoms with van der Waals surface area (Å²) in [6, 6.07) is -0.0374. The van der Waals surface area contributed by atoms with Crippen LogP contribution in [0.15, 0.2) is 0 Å². The number of amides is 2. The SMILES string of the molecule is CCOC(=O)N1CCC(NC(=O)C2CC(OC)CN2)CC1. The number of likely N-dealkylation sites (tertiary alicyclic amines) is 1. The summed E-state index contributed by atoms with van der Waals surface area (Å²) in [6.07, 6.45) is 2.11. The summed E-state index contributed by atoms with van der Waals surface area (Å²) in [4.78, 5) is 25.5. The highest BCUT2D eigenvalue weighted by Crippen LogP contribution is 2.14. The van der Waals surface area contributed by atoms with Crippen LogP contribution in [0, 0.1) is 0 Å². The maximum Gasteiger partial charge on any atom is 0.409 e. The molecule has 7 nitrogen and oxygen atoms in total. The van der Waals surface area contributed by atoms with Gasteiger partial charge in [-0.3, -0.25) is 4.79 Å². The predicted octanol–water partition coefficient (Wildman–Crippen LogP) is 0.100. The zero-order valence-corrected chi connectivity index (χ0v) is 12.8. The summed E-state index contributed by atoms with van der Waals surface area (Å²) in [7, 11) is 1.66. The molecule has 0 aromatic carbocycles. The molecule has 2 rings (SSSR count). The fourth-order valence-corrected chi connectivity index (χ4v) is 2.81. The highest BCUT2D eigenvalue weighted by Gasteiger charge is 2.31. The Kier molecular flexibility index (Phi) is 5.81. The van der Waals surface area contributed by atoms with Gasteiger partial charge in [-0.05, 0) is 26.2 Å². The van der Waals surface area contributed by atoms with E-state index in [1.807, 2.05) is 0 Å². The van der Waals surface area contributed by atoms with Gasteiger partial charge < -0.3 is 25.0 Å². The Morgan fingerprint density at radius 2 is 2.05 bits per heavy atom. The van der Waals surface area contributed by atoms with E-state index in [9.17, 15) is 9.59 Å². The highest BCUT2D eigenvalue weighted by molar-refractivity contribution is 5.82. The molecule has 7 heteroatoms. The summed E-state index contributed by atoms with van der Waals surface area (Å²) < 4.78 is 10.2. The van der Waals surface area contributed by atoms with Crippen molar-refractivity contribution in [1.29, 1.82) is 0 Å². The van der Waals surface area contributed by atoms with Crippen molar-refractivity contribution in [2.75, 3.05) is 33.4 Å². The van der Waals surface area contributed by atoms with E-state index in [4.69, 9.17) is 9.47 Å². The minimum Gasteiger partial charge on any atom is -0.450 e. The van der Waals surface area contributed by atoms with E-state index in [-0.39, 0.29) is 30.2 Å². The Bertz CT molecular complexity index is 369. The molecule has 21 heavy (non-hydrogen) atoms. The average Bonchev–Trinajstić information content (AvgIpc) is 2.97. The van der Waals surface area contributed by atoms with Crippen LogP contribution >= 0.6 is 0 Å². The first-order valence-corrected chi connectivity index (χ1v) is 7.62. The second-order valence-corrected chi connectivity index (χ2v) is 5.52. The summed E-state index contributed by atoms with van der Waals surface area (Å²) in [5.41, 5.74) is 0. The second kappa shape index (κ2) is 7.61. The van der Waals surface area contributed by atoms with Crippen molar-refractivity contribution >= 4 is 12.0 Å². The lowest BCUT2D eigenvalue weighted by Crippen LogP contribution is -2.50. The molecule has 2 N–H and O–H groups in total. The van der Waals surface area contributed by atoms with E-state index in [0.29, 0.717) is 26.1 Å². The van der Waals surface area contributed by atoms with E-state index in [1.54, 1.807) is 18.9 Å². The molecule has 2 amide bonds. The summed E-state index contributed by atoms with van der Waals surface area (Å²) in [5, 5.41) is 6.23. The highest BCUT2D eigenvalue weighted by atomic mass is 16.6. The smallest absolute Gasteiger partial charge is 0.409 e. The Morgan fingerprint density at radius 1 is 1.33 bits per heavy atom. The summed E-state index contributed by atoms with van der Waals surface area (Å²) in [6.45, 7) is 4.16. The first kappa shape index (κ1) is 16.0. The van der Waals surface area contributed by atoms with Crippen molar-refractivity contribution < 1.29 is 19.1 Å². The third kappa shape index (κ3) is 4.31. The summed E-state index contributed by atoms with van der Waals surface area (Å²) >= 11 is 0. The van der Waals surface area contributed by atoms with Gasteiger partial charge in [0.2, 0.25) is 5.91 Å². The maximum atomic E-state index is 12.2. The number of hydrogen-bond donors (Lipinski definition) is 2.